The van der Waals surface area contributed by atoms with Gasteiger partial charge in [0, 0.05) is 24.4 Å². The molecule has 206 valence electrons. The number of aliphatic hydroxyl groups is 2. The first-order valence-corrected chi connectivity index (χ1v) is 14.2. The van der Waals surface area contributed by atoms with Crippen LogP contribution in [0.5, 0.6) is 0 Å². The van der Waals surface area contributed by atoms with Crippen LogP contribution in [0, 0.1) is 17.8 Å². The smallest absolute Gasteiger partial charge is 0.260 e. The maximum absolute atomic E-state index is 14.4. The number of Topliss-reactive ketones (excluding diaryl/α,β-unsaturated/α-hetero) is 1. The van der Waals surface area contributed by atoms with Crippen LogP contribution < -0.4 is 10.6 Å². The van der Waals surface area contributed by atoms with Gasteiger partial charge >= 0.3 is 0 Å². The number of aliphatic hydroxyl groups excluding tert-OH is 1. The van der Waals surface area contributed by atoms with Crippen LogP contribution in [-0.4, -0.2) is 69.9 Å². The minimum absolute atomic E-state index is 0.0767. The van der Waals surface area contributed by atoms with E-state index in [2.05, 4.69) is 10.6 Å². The summed E-state index contributed by atoms with van der Waals surface area (Å²) in [5.41, 5.74) is -1.17. The summed E-state index contributed by atoms with van der Waals surface area (Å²) in [4.78, 5) is 54.7. The molecule has 38 heavy (non-hydrogen) atoms. The number of rotatable bonds is 9. The van der Waals surface area contributed by atoms with Crippen LogP contribution in [0.25, 0.3) is 0 Å². The third-order valence-corrected chi connectivity index (χ3v) is 9.41. The highest BCUT2D eigenvalue weighted by atomic mass is 16.3. The molecule has 0 spiro atoms. The summed E-state index contributed by atoms with van der Waals surface area (Å²) >= 11 is 0. The van der Waals surface area contributed by atoms with E-state index < -0.39 is 47.8 Å². The Morgan fingerprint density at radius 3 is 2.32 bits per heavy atom. The second kappa shape index (κ2) is 11.1. The highest BCUT2D eigenvalue weighted by Gasteiger charge is 2.55. The van der Waals surface area contributed by atoms with Crippen molar-refractivity contribution in [3.8, 4) is 0 Å². The van der Waals surface area contributed by atoms with Crippen LogP contribution >= 0.6 is 0 Å². The summed E-state index contributed by atoms with van der Waals surface area (Å²) in [5.74, 6) is -2.30. The van der Waals surface area contributed by atoms with Gasteiger partial charge < -0.3 is 25.7 Å². The summed E-state index contributed by atoms with van der Waals surface area (Å²) in [7, 11) is 0. The van der Waals surface area contributed by atoms with Crippen LogP contribution in [0.4, 0.5) is 0 Å². The van der Waals surface area contributed by atoms with Gasteiger partial charge in [0.25, 0.3) is 5.91 Å². The average Bonchev–Trinajstić information content (AvgIpc) is 3.64. The molecule has 3 amide bonds. The Labute approximate surface area is 223 Å². The lowest BCUT2D eigenvalue weighted by atomic mass is 9.71. The number of nitrogens with one attached hydrogen (secondary N) is 2. The van der Waals surface area contributed by atoms with Crippen molar-refractivity contribution in [3.05, 3.63) is 35.9 Å². The monoisotopic (exact) mass is 525 g/mol. The Morgan fingerprint density at radius 2 is 1.71 bits per heavy atom. The fraction of sp³-hybridized carbons (Fsp3) is 0.655. The number of carbonyl (C=O) groups is 4. The molecule has 1 aromatic carbocycles. The highest BCUT2D eigenvalue weighted by molar-refractivity contribution is 5.96. The molecule has 3 aliphatic heterocycles. The van der Waals surface area contributed by atoms with E-state index in [1.54, 1.807) is 17.0 Å². The van der Waals surface area contributed by atoms with Crippen LogP contribution in [0.15, 0.2) is 30.3 Å². The molecular formula is C29H39N3O6. The zero-order valence-electron chi connectivity index (χ0n) is 21.8. The molecule has 3 saturated heterocycles. The second-order valence-corrected chi connectivity index (χ2v) is 11.5. The summed E-state index contributed by atoms with van der Waals surface area (Å²) in [5, 5.41) is 27.3. The molecule has 9 heteroatoms. The first-order valence-electron chi connectivity index (χ1n) is 14.2. The summed E-state index contributed by atoms with van der Waals surface area (Å²) in [6.07, 6.45) is 7.20. The average molecular weight is 526 g/mol. The third-order valence-electron chi connectivity index (χ3n) is 9.41. The van der Waals surface area contributed by atoms with E-state index >= 15 is 0 Å². The first-order chi connectivity index (χ1) is 18.3. The molecule has 4 atom stereocenters. The molecule has 9 nitrogen and oxygen atoms in total. The van der Waals surface area contributed by atoms with Crippen LogP contribution in [0.2, 0.25) is 0 Å². The van der Waals surface area contributed by atoms with Gasteiger partial charge in [-0.1, -0.05) is 43.2 Å². The number of hydrogen-bond acceptors (Lipinski definition) is 6. The molecule has 2 saturated carbocycles. The van der Waals surface area contributed by atoms with Crippen molar-refractivity contribution in [2.75, 3.05) is 13.2 Å². The summed E-state index contributed by atoms with van der Waals surface area (Å²) < 4.78 is 0. The predicted octanol–water partition coefficient (Wildman–Crippen LogP) is 1.41. The van der Waals surface area contributed by atoms with Crippen molar-refractivity contribution in [3.63, 3.8) is 0 Å². The predicted molar refractivity (Wildman–Crippen MR) is 138 cm³/mol. The maximum Gasteiger partial charge on any atom is 0.260 e. The third kappa shape index (κ3) is 4.86. The number of hydrogen-bond donors (Lipinski definition) is 4. The van der Waals surface area contributed by atoms with Gasteiger partial charge in [0.2, 0.25) is 11.8 Å². The van der Waals surface area contributed by atoms with Crippen LogP contribution in [0.3, 0.4) is 0 Å². The lowest BCUT2D eigenvalue weighted by Crippen LogP contribution is -2.67. The molecule has 3 heterocycles. The largest absolute Gasteiger partial charge is 0.389 e. The van der Waals surface area contributed by atoms with Gasteiger partial charge in [-0.05, 0) is 62.8 Å². The normalized spacial score (nSPS) is 29.5. The lowest BCUT2D eigenvalue weighted by molar-refractivity contribution is -0.176. The number of carbonyl (C=O) groups excluding carboxylic acids is 4. The lowest BCUT2D eigenvalue weighted by Gasteiger charge is -2.53. The standard InChI is InChI=1S/C29H39N3O6/c33-17-24(34)23(16-19-14-15-30-26(19)35)31-27(36)25-18-10-12-22(13-11-18)32(25)28(37)29(38,21-8-4-5-9-21)20-6-2-1-3-7-20/h1-3,6-7,18-19,21-23,25,33,38H,4-5,8-17H2,(H,30,35)(H,31,36)/t18?,19-,22?,23+,25+,29-/m0/s1. The zero-order valence-corrected chi connectivity index (χ0v) is 21.8. The van der Waals surface area contributed by atoms with E-state index in [1.807, 2.05) is 18.2 Å². The highest BCUT2D eigenvalue weighted by Crippen LogP contribution is 2.46. The molecule has 4 N–H and O–H groups in total. The fourth-order valence-corrected chi connectivity index (χ4v) is 7.34. The van der Waals surface area contributed by atoms with Gasteiger partial charge in [0.05, 0.1) is 6.04 Å². The Kier molecular flexibility index (Phi) is 7.86. The molecule has 2 aliphatic carbocycles. The van der Waals surface area contributed by atoms with Crippen LogP contribution in [0.1, 0.15) is 69.8 Å². The van der Waals surface area contributed by atoms with Crippen molar-refractivity contribution < 1.29 is 29.4 Å². The van der Waals surface area contributed by atoms with Crippen molar-refractivity contribution in [2.45, 2.75) is 87.9 Å². The van der Waals surface area contributed by atoms with Gasteiger partial charge in [-0.2, -0.15) is 0 Å². The SMILES string of the molecule is O=C1NCC[C@H]1C[C@@H](NC(=O)[C@H]1C2CCC(CC2)N1C(=O)[C@](O)(c1ccccc1)C1CCCC1)C(=O)CO. The molecule has 5 fully saturated rings. The molecule has 5 aliphatic rings. The van der Waals surface area contributed by atoms with Crippen molar-refractivity contribution >= 4 is 23.5 Å². The molecule has 6 rings (SSSR count). The van der Waals surface area contributed by atoms with E-state index in [9.17, 15) is 29.4 Å². The number of ketones is 1. The van der Waals surface area contributed by atoms with Gasteiger partial charge in [-0.3, -0.25) is 19.2 Å². The summed E-state index contributed by atoms with van der Waals surface area (Å²) in [6.45, 7) is -0.223. The Balaban J connectivity index is 1.44. The number of piperidine rings is 2. The number of fused-ring (bicyclic) bond motifs is 3. The Bertz CT molecular complexity index is 1050. The second-order valence-electron chi connectivity index (χ2n) is 11.5. The topological polar surface area (TPSA) is 136 Å². The van der Waals surface area contributed by atoms with E-state index in [0.29, 0.717) is 18.5 Å². The Morgan fingerprint density at radius 1 is 1.03 bits per heavy atom. The number of benzene rings is 1. The minimum Gasteiger partial charge on any atom is -0.389 e. The fourth-order valence-electron chi connectivity index (χ4n) is 7.34. The van der Waals surface area contributed by atoms with Gasteiger partial charge in [0.15, 0.2) is 11.4 Å². The zero-order chi connectivity index (χ0) is 26.9. The van der Waals surface area contributed by atoms with E-state index in [1.165, 1.54) is 0 Å². The molecule has 2 bridgehead atoms. The van der Waals surface area contributed by atoms with Crippen molar-refractivity contribution in [1.29, 1.82) is 0 Å². The van der Waals surface area contributed by atoms with Gasteiger partial charge in [-0.15, -0.1) is 0 Å². The first kappa shape index (κ1) is 26.8. The molecule has 0 aromatic heterocycles. The quantitative estimate of drug-likeness (QED) is 0.385. The van der Waals surface area contributed by atoms with E-state index in [-0.39, 0.29) is 30.2 Å². The number of amides is 3. The summed E-state index contributed by atoms with van der Waals surface area (Å²) in [6, 6.07) is 7.09. The number of nitrogens with zero attached hydrogens (tertiary/aromatic N) is 1. The molecule has 0 radical (unpaired) electrons. The van der Waals surface area contributed by atoms with Crippen molar-refractivity contribution in [1.82, 2.24) is 15.5 Å². The minimum atomic E-state index is -1.73. The van der Waals surface area contributed by atoms with Gasteiger partial charge in [-0.25, -0.2) is 0 Å². The maximum atomic E-state index is 14.4. The molecule has 0 unspecified atom stereocenters. The molecule has 1 aromatic rings. The van der Waals surface area contributed by atoms with Crippen molar-refractivity contribution in [2.24, 2.45) is 17.8 Å². The van der Waals surface area contributed by atoms with E-state index in [4.69, 9.17) is 0 Å². The van der Waals surface area contributed by atoms with E-state index in [0.717, 1.165) is 51.4 Å². The van der Waals surface area contributed by atoms with Gasteiger partial charge in [0.1, 0.15) is 12.6 Å². The molecular weight excluding hydrogens is 486 g/mol. The van der Waals surface area contributed by atoms with Crippen LogP contribution in [-0.2, 0) is 24.8 Å². The Hall–Kier alpha value is -2.78.